The molecule has 6 heteroatoms. The maximum Gasteiger partial charge on any atom is 0.530 e. The third-order valence-electron chi connectivity index (χ3n) is 1.59. The molecule has 0 aliphatic rings. The quantitative estimate of drug-likeness (QED) is 0.724. The molecule has 1 rings (SSSR count). The zero-order chi connectivity index (χ0) is 12.0. The smallest absolute Gasteiger partial charge is 0.404 e. The fraction of sp³-hybridized carbons (Fsp3) is 0.400. The monoisotopic (exact) mass is 248 g/mol. The highest BCUT2D eigenvalue weighted by atomic mass is 31.2. The first-order chi connectivity index (χ1) is 7.59. The van der Waals surface area contributed by atoms with Crippen molar-refractivity contribution in [2.24, 2.45) is 0 Å². The normalized spacial score (nSPS) is 11.4. The van der Waals surface area contributed by atoms with Crippen LogP contribution in [0.4, 0.5) is 4.39 Å². The Morgan fingerprint density at radius 3 is 2.38 bits per heavy atom. The van der Waals surface area contributed by atoms with Crippen molar-refractivity contribution in [3.8, 4) is 5.75 Å². The molecule has 90 valence electrons. The molecule has 1 aromatic carbocycles. The van der Waals surface area contributed by atoms with E-state index < -0.39 is 13.6 Å². The maximum atomic E-state index is 12.9. The van der Waals surface area contributed by atoms with Gasteiger partial charge in [-0.05, 0) is 26.0 Å². The first-order valence-corrected chi connectivity index (χ1v) is 6.40. The van der Waals surface area contributed by atoms with Gasteiger partial charge in [-0.15, -0.1) is 0 Å². The molecule has 0 aliphatic carbocycles. The van der Waals surface area contributed by atoms with Gasteiger partial charge in [0.1, 0.15) is 11.6 Å². The Hall–Kier alpha value is -0.900. The van der Waals surface area contributed by atoms with Gasteiger partial charge in [-0.2, -0.15) is 0 Å². The summed E-state index contributed by atoms with van der Waals surface area (Å²) in [5.74, 6) is -0.359. The topological polar surface area (TPSA) is 44.8 Å². The van der Waals surface area contributed by atoms with E-state index in [1.807, 2.05) is 0 Å². The van der Waals surface area contributed by atoms with Crippen molar-refractivity contribution in [2.75, 3.05) is 13.2 Å². The second kappa shape index (κ2) is 5.99. The molecule has 0 bridgehead atoms. The lowest BCUT2D eigenvalue weighted by molar-refractivity contribution is 0.167. The summed E-state index contributed by atoms with van der Waals surface area (Å²) in [6.07, 6.45) is 0. The van der Waals surface area contributed by atoms with E-state index >= 15 is 0 Å². The second-order valence-electron chi connectivity index (χ2n) is 2.83. The van der Waals surface area contributed by atoms with Gasteiger partial charge in [0, 0.05) is 6.07 Å². The zero-order valence-corrected chi connectivity index (χ0v) is 10.1. The molecule has 0 radical (unpaired) electrons. The first-order valence-electron chi connectivity index (χ1n) is 4.94. The second-order valence-corrected chi connectivity index (χ2v) is 4.42. The van der Waals surface area contributed by atoms with E-state index in [1.54, 1.807) is 13.8 Å². The minimum absolute atomic E-state index is 0.116. The summed E-state index contributed by atoms with van der Waals surface area (Å²) in [7, 11) is -3.63. The molecule has 0 heterocycles. The highest BCUT2D eigenvalue weighted by Gasteiger charge is 2.27. The molecule has 0 aromatic heterocycles. The van der Waals surface area contributed by atoms with E-state index in [1.165, 1.54) is 18.2 Å². The highest BCUT2D eigenvalue weighted by molar-refractivity contribution is 7.48. The predicted octanol–water partition coefficient (Wildman–Crippen LogP) is 3.39. The molecule has 16 heavy (non-hydrogen) atoms. The van der Waals surface area contributed by atoms with Crippen LogP contribution in [0.5, 0.6) is 5.75 Å². The van der Waals surface area contributed by atoms with Crippen LogP contribution in [-0.2, 0) is 13.6 Å². The van der Waals surface area contributed by atoms with E-state index in [9.17, 15) is 8.96 Å². The SMILES string of the molecule is CCOP(=O)(OCC)Oc1cccc(F)c1. The van der Waals surface area contributed by atoms with Crippen molar-refractivity contribution in [1.29, 1.82) is 0 Å². The van der Waals surface area contributed by atoms with Crippen LogP contribution in [0.1, 0.15) is 13.8 Å². The number of hydrogen-bond acceptors (Lipinski definition) is 4. The van der Waals surface area contributed by atoms with Crippen LogP contribution in [0.2, 0.25) is 0 Å². The van der Waals surface area contributed by atoms with Gasteiger partial charge in [-0.1, -0.05) is 6.07 Å². The Kier molecular flexibility index (Phi) is 4.93. The van der Waals surface area contributed by atoms with Crippen LogP contribution >= 0.6 is 7.82 Å². The molecule has 0 aliphatic heterocycles. The van der Waals surface area contributed by atoms with Crippen LogP contribution in [0.3, 0.4) is 0 Å². The average molecular weight is 248 g/mol. The zero-order valence-electron chi connectivity index (χ0n) is 9.18. The summed E-state index contributed by atoms with van der Waals surface area (Å²) in [5.41, 5.74) is 0. The standard InChI is InChI=1S/C10H14FO4P/c1-3-13-16(12,14-4-2)15-10-7-5-6-9(11)8-10/h5-8H,3-4H2,1-2H3. The summed E-state index contributed by atoms with van der Waals surface area (Å²) >= 11 is 0. The molecule has 0 fully saturated rings. The van der Waals surface area contributed by atoms with Crippen molar-refractivity contribution in [3.63, 3.8) is 0 Å². The maximum absolute atomic E-state index is 12.9. The van der Waals surface area contributed by atoms with Crippen molar-refractivity contribution >= 4 is 7.82 Å². The fourth-order valence-electron chi connectivity index (χ4n) is 1.06. The highest BCUT2D eigenvalue weighted by Crippen LogP contribution is 2.49. The summed E-state index contributed by atoms with van der Waals surface area (Å²) < 4.78 is 39.6. The van der Waals surface area contributed by atoms with Crippen LogP contribution in [0.25, 0.3) is 0 Å². The lowest BCUT2D eigenvalue weighted by Gasteiger charge is -2.16. The molecule has 0 N–H and O–H groups in total. The Morgan fingerprint density at radius 2 is 1.88 bits per heavy atom. The van der Waals surface area contributed by atoms with Crippen molar-refractivity contribution in [1.82, 2.24) is 0 Å². The fourth-order valence-corrected chi connectivity index (χ4v) is 2.24. The molecule has 0 spiro atoms. The van der Waals surface area contributed by atoms with Gasteiger partial charge < -0.3 is 4.52 Å². The first kappa shape index (κ1) is 13.2. The third-order valence-corrected chi connectivity index (χ3v) is 3.17. The number of hydrogen-bond donors (Lipinski definition) is 0. The summed E-state index contributed by atoms with van der Waals surface area (Å²) in [6, 6.07) is 5.31. The Morgan fingerprint density at radius 1 is 1.25 bits per heavy atom. The van der Waals surface area contributed by atoms with Crippen LogP contribution in [0.15, 0.2) is 24.3 Å². The Labute approximate surface area is 93.9 Å². The van der Waals surface area contributed by atoms with Crippen LogP contribution in [-0.4, -0.2) is 13.2 Å². The molecular weight excluding hydrogens is 234 g/mol. The Bertz CT molecular complexity index is 373. The lowest BCUT2D eigenvalue weighted by Crippen LogP contribution is -2.02. The Balaban J connectivity index is 2.79. The number of halogens is 1. The number of phosphoric ester groups is 1. The lowest BCUT2D eigenvalue weighted by atomic mass is 10.3. The van der Waals surface area contributed by atoms with E-state index in [2.05, 4.69) is 0 Å². The summed E-state index contributed by atoms with van der Waals surface area (Å²) in [6.45, 7) is 3.71. The largest absolute Gasteiger partial charge is 0.530 e. The van der Waals surface area contributed by atoms with E-state index in [-0.39, 0.29) is 19.0 Å². The molecular formula is C10H14FO4P. The van der Waals surface area contributed by atoms with Gasteiger partial charge in [0.05, 0.1) is 13.2 Å². The van der Waals surface area contributed by atoms with E-state index in [0.29, 0.717) is 0 Å². The van der Waals surface area contributed by atoms with Gasteiger partial charge in [0.15, 0.2) is 0 Å². The van der Waals surface area contributed by atoms with Crippen molar-refractivity contribution < 1.29 is 22.5 Å². The van der Waals surface area contributed by atoms with Gasteiger partial charge in [-0.25, -0.2) is 8.96 Å². The van der Waals surface area contributed by atoms with E-state index in [0.717, 1.165) is 6.07 Å². The van der Waals surface area contributed by atoms with Gasteiger partial charge >= 0.3 is 7.82 Å². The van der Waals surface area contributed by atoms with Crippen molar-refractivity contribution in [2.45, 2.75) is 13.8 Å². The molecule has 0 saturated carbocycles. The summed E-state index contributed by atoms with van der Waals surface area (Å²) in [4.78, 5) is 0. The molecule has 4 nitrogen and oxygen atoms in total. The van der Waals surface area contributed by atoms with Gasteiger partial charge in [-0.3, -0.25) is 9.05 Å². The molecule has 0 atom stereocenters. The average Bonchev–Trinajstić information content (AvgIpc) is 2.17. The summed E-state index contributed by atoms with van der Waals surface area (Å²) in [5, 5.41) is 0. The van der Waals surface area contributed by atoms with Crippen LogP contribution < -0.4 is 4.52 Å². The number of rotatable bonds is 6. The minimum atomic E-state index is -3.63. The number of phosphoric acid groups is 1. The molecule has 0 saturated heterocycles. The van der Waals surface area contributed by atoms with Gasteiger partial charge in [0.25, 0.3) is 0 Å². The molecule has 0 amide bonds. The predicted molar refractivity (Wildman–Crippen MR) is 57.9 cm³/mol. The van der Waals surface area contributed by atoms with Gasteiger partial charge in [0.2, 0.25) is 0 Å². The molecule has 1 aromatic rings. The van der Waals surface area contributed by atoms with Crippen molar-refractivity contribution in [3.05, 3.63) is 30.1 Å². The minimum Gasteiger partial charge on any atom is -0.404 e. The van der Waals surface area contributed by atoms with E-state index in [4.69, 9.17) is 13.6 Å². The third kappa shape index (κ3) is 3.93. The number of benzene rings is 1. The molecule has 0 unspecified atom stereocenters. The van der Waals surface area contributed by atoms with Crippen LogP contribution in [0, 0.1) is 5.82 Å².